The number of carbonyl (C=O) groups excluding carboxylic acids is 2. The van der Waals surface area contributed by atoms with Crippen LogP contribution in [0.1, 0.15) is 5.56 Å². The van der Waals surface area contributed by atoms with Crippen LogP contribution in [-0.4, -0.2) is 30.1 Å². The average Bonchev–Trinajstić information content (AvgIpc) is 2.57. The molecule has 0 aliphatic rings. The van der Waals surface area contributed by atoms with Gasteiger partial charge in [0.15, 0.2) is 0 Å². The smallest absolute Gasteiger partial charge is 0.286 e. The second-order valence-corrected chi connectivity index (χ2v) is 7.16. The molecule has 7 heteroatoms. The maximum absolute atomic E-state index is 13.7. The molecule has 130 valence electrons. The van der Waals surface area contributed by atoms with Gasteiger partial charge in [-0.2, -0.15) is 0 Å². The molecular formula is C18H16BrFN2O2S. The van der Waals surface area contributed by atoms with Crippen molar-refractivity contribution < 1.29 is 14.0 Å². The Balaban J connectivity index is 2.11. The van der Waals surface area contributed by atoms with Crippen LogP contribution in [0.5, 0.6) is 0 Å². The van der Waals surface area contributed by atoms with E-state index in [1.165, 1.54) is 23.1 Å². The van der Waals surface area contributed by atoms with Crippen LogP contribution in [0.15, 0.2) is 57.9 Å². The number of para-hydroxylation sites is 1. The fraction of sp³-hybridized carbons (Fsp3) is 0.111. The zero-order valence-corrected chi connectivity index (χ0v) is 16.0. The Morgan fingerprint density at radius 3 is 2.64 bits per heavy atom. The first-order valence-electron chi connectivity index (χ1n) is 7.29. The van der Waals surface area contributed by atoms with E-state index in [-0.39, 0.29) is 5.24 Å². The Hall–Kier alpha value is -2.12. The highest BCUT2D eigenvalue weighted by molar-refractivity contribution is 9.10. The Labute approximate surface area is 158 Å². The SMILES string of the molecule is CN(C)C(=O)Sc1ccccc1NC(=O)/C=C/c1cc(Br)ccc1F. The second kappa shape index (κ2) is 8.82. The number of hydrogen-bond acceptors (Lipinski definition) is 3. The van der Waals surface area contributed by atoms with E-state index in [1.54, 1.807) is 50.5 Å². The number of rotatable bonds is 4. The van der Waals surface area contributed by atoms with E-state index in [0.29, 0.717) is 16.1 Å². The van der Waals surface area contributed by atoms with Crippen molar-refractivity contribution >= 4 is 50.6 Å². The number of hydrogen-bond donors (Lipinski definition) is 1. The lowest BCUT2D eigenvalue weighted by Crippen LogP contribution is -2.16. The lowest BCUT2D eigenvalue weighted by molar-refractivity contribution is -0.111. The van der Waals surface area contributed by atoms with Crippen molar-refractivity contribution in [1.82, 2.24) is 4.90 Å². The number of anilines is 1. The summed E-state index contributed by atoms with van der Waals surface area (Å²) < 4.78 is 14.4. The number of benzene rings is 2. The lowest BCUT2D eigenvalue weighted by atomic mass is 10.2. The van der Waals surface area contributed by atoms with Crippen LogP contribution in [0.4, 0.5) is 14.9 Å². The Morgan fingerprint density at radius 2 is 1.92 bits per heavy atom. The average molecular weight is 423 g/mol. The van der Waals surface area contributed by atoms with E-state index >= 15 is 0 Å². The fourth-order valence-corrected chi connectivity index (χ4v) is 2.95. The van der Waals surface area contributed by atoms with Gasteiger partial charge < -0.3 is 10.2 Å². The number of halogens is 2. The zero-order valence-electron chi connectivity index (χ0n) is 13.6. The summed E-state index contributed by atoms with van der Waals surface area (Å²) in [7, 11) is 3.32. The molecule has 0 saturated heterocycles. The van der Waals surface area contributed by atoms with Crippen LogP contribution in [0.3, 0.4) is 0 Å². The number of amides is 2. The van der Waals surface area contributed by atoms with E-state index < -0.39 is 11.7 Å². The molecule has 1 N–H and O–H groups in total. The van der Waals surface area contributed by atoms with Gasteiger partial charge in [-0.3, -0.25) is 9.59 Å². The molecule has 2 aromatic carbocycles. The molecule has 2 amide bonds. The summed E-state index contributed by atoms with van der Waals surface area (Å²) in [5.74, 6) is -0.829. The van der Waals surface area contributed by atoms with Crippen molar-refractivity contribution in [3.63, 3.8) is 0 Å². The van der Waals surface area contributed by atoms with Gasteiger partial charge in [-0.05, 0) is 48.2 Å². The van der Waals surface area contributed by atoms with Crippen LogP contribution >= 0.6 is 27.7 Å². The van der Waals surface area contributed by atoms with Gasteiger partial charge in [-0.25, -0.2) is 4.39 Å². The van der Waals surface area contributed by atoms with Gasteiger partial charge in [0.25, 0.3) is 5.24 Å². The Morgan fingerprint density at radius 1 is 1.20 bits per heavy atom. The lowest BCUT2D eigenvalue weighted by Gasteiger charge is -2.12. The first kappa shape index (κ1) is 19.2. The molecule has 4 nitrogen and oxygen atoms in total. The van der Waals surface area contributed by atoms with Crippen LogP contribution < -0.4 is 5.32 Å². The van der Waals surface area contributed by atoms with Crippen LogP contribution in [0.2, 0.25) is 0 Å². The molecule has 25 heavy (non-hydrogen) atoms. The van der Waals surface area contributed by atoms with E-state index in [1.807, 2.05) is 0 Å². The van der Waals surface area contributed by atoms with Gasteiger partial charge in [-0.1, -0.05) is 28.1 Å². The van der Waals surface area contributed by atoms with Crippen molar-refractivity contribution in [2.24, 2.45) is 0 Å². The van der Waals surface area contributed by atoms with E-state index in [4.69, 9.17) is 0 Å². The van der Waals surface area contributed by atoms with Crippen LogP contribution in [-0.2, 0) is 4.79 Å². The quantitative estimate of drug-likeness (QED) is 0.556. The summed E-state index contributed by atoms with van der Waals surface area (Å²) >= 11 is 4.28. The molecule has 2 rings (SSSR count). The number of thioether (sulfide) groups is 1. The third kappa shape index (κ3) is 5.72. The minimum absolute atomic E-state index is 0.145. The highest BCUT2D eigenvalue weighted by Gasteiger charge is 2.11. The third-order valence-electron chi connectivity index (χ3n) is 3.08. The van der Waals surface area contributed by atoms with Crippen LogP contribution in [0, 0.1) is 5.82 Å². The van der Waals surface area contributed by atoms with Gasteiger partial charge in [0.1, 0.15) is 5.82 Å². The molecule has 0 fully saturated rings. The maximum Gasteiger partial charge on any atom is 0.286 e. The summed E-state index contributed by atoms with van der Waals surface area (Å²) in [5, 5.41) is 2.56. The van der Waals surface area contributed by atoms with Gasteiger partial charge in [0.05, 0.1) is 5.69 Å². The molecule has 0 aliphatic carbocycles. The Kier molecular flexibility index (Phi) is 6.78. The van der Waals surface area contributed by atoms with Crippen LogP contribution in [0.25, 0.3) is 6.08 Å². The molecule has 0 saturated carbocycles. The fourth-order valence-electron chi connectivity index (χ4n) is 1.83. The summed E-state index contributed by atoms with van der Waals surface area (Å²) in [4.78, 5) is 26.1. The minimum Gasteiger partial charge on any atom is -0.339 e. The highest BCUT2D eigenvalue weighted by atomic mass is 79.9. The number of carbonyl (C=O) groups is 2. The molecule has 0 atom stereocenters. The first-order valence-corrected chi connectivity index (χ1v) is 8.90. The summed E-state index contributed by atoms with van der Waals surface area (Å²) in [6.07, 6.45) is 2.65. The summed E-state index contributed by atoms with van der Waals surface area (Å²) in [6, 6.07) is 11.5. The molecule has 0 aliphatic heterocycles. The van der Waals surface area contributed by atoms with E-state index in [9.17, 15) is 14.0 Å². The molecule has 2 aromatic rings. The van der Waals surface area contributed by atoms with Crippen molar-refractivity contribution in [2.45, 2.75) is 4.90 Å². The highest BCUT2D eigenvalue weighted by Crippen LogP contribution is 2.28. The molecule has 0 unspecified atom stereocenters. The molecule has 0 bridgehead atoms. The van der Waals surface area contributed by atoms with Crippen molar-refractivity contribution in [3.05, 3.63) is 64.4 Å². The second-order valence-electron chi connectivity index (χ2n) is 5.25. The van der Waals surface area contributed by atoms with Crippen molar-refractivity contribution in [2.75, 3.05) is 19.4 Å². The summed E-state index contributed by atoms with van der Waals surface area (Å²) in [6.45, 7) is 0. The maximum atomic E-state index is 13.7. The first-order chi connectivity index (χ1) is 11.9. The topological polar surface area (TPSA) is 49.4 Å². The molecule has 0 aromatic heterocycles. The number of nitrogens with one attached hydrogen (secondary N) is 1. The minimum atomic E-state index is -0.417. The standard InChI is InChI=1S/C18H16BrFN2O2S/c1-22(2)18(24)25-16-6-4-3-5-15(16)21-17(23)10-7-12-11-13(19)8-9-14(12)20/h3-11H,1-2H3,(H,21,23)/b10-7+. The molecule has 0 spiro atoms. The van der Waals surface area contributed by atoms with Gasteiger partial charge in [0.2, 0.25) is 5.91 Å². The summed E-state index contributed by atoms with van der Waals surface area (Å²) in [5.41, 5.74) is 0.821. The van der Waals surface area contributed by atoms with Gasteiger partial charge in [0, 0.05) is 35.1 Å². The Bertz CT molecular complexity index is 824. The van der Waals surface area contributed by atoms with E-state index in [2.05, 4.69) is 21.2 Å². The monoisotopic (exact) mass is 422 g/mol. The zero-order chi connectivity index (χ0) is 18.4. The largest absolute Gasteiger partial charge is 0.339 e. The predicted octanol–water partition coefficient (Wildman–Crippen LogP) is 5.01. The third-order valence-corrected chi connectivity index (χ3v) is 4.69. The predicted molar refractivity (Wildman–Crippen MR) is 103 cm³/mol. The van der Waals surface area contributed by atoms with Crippen molar-refractivity contribution in [3.8, 4) is 0 Å². The van der Waals surface area contributed by atoms with E-state index in [0.717, 1.165) is 16.2 Å². The van der Waals surface area contributed by atoms with Crippen molar-refractivity contribution in [1.29, 1.82) is 0 Å². The van der Waals surface area contributed by atoms with Gasteiger partial charge in [-0.15, -0.1) is 0 Å². The normalized spacial score (nSPS) is 10.7. The molecule has 0 heterocycles. The molecule has 0 radical (unpaired) electrons. The number of nitrogens with zero attached hydrogens (tertiary/aromatic N) is 1. The molecular weight excluding hydrogens is 407 g/mol. The van der Waals surface area contributed by atoms with Gasteiger partial charge >= 0.3 is 0 Å².